The predicted molar refractivity (Wildman–Crippen MR) is 98.7 cm³/mol. The van der Waals surface area contributed by atoms with Crippen molar-refractivity contribution in [2.24, 2.45) is 0 Å². The van der Waals surface area contributed by atoms with Crippen molar-refractivity contribution in [3.63, 3.8) is 0 Å². The van der Waals surface area contributed by atoms with E-state index in [0.717, 1.165) is 28.2 Å². The normalized spacial score (nSPS) is 10.5. The summed E-state index contributed by atoms with van der Waals surface area (Å²) in [6.45, 7) is 3.94. The molecule has 1 aromatic heterocycles. The smallest absolute Gasteiger partial charge is 0.0539 e. The van der Waals surface area contributed by atoms with Crippen LogP contribution in [0.25, 0.3) is 33.2 Å². The van der Waals surface area contributed by atoms with Crippen LogP contribution in [0.15, 0.2) is 66.9 Å². The molecule has 0 aliphatic carbocycles. The summed E-state index contributed by atoms with van der Waals surface area (Å²) >= 11 is 0. The Hall–Kier alpha value is -2.35. The molecule has 1 radical (unpaired) electrons. The van der Waals surface area contributed by atoms with Gasteiger partial charge < -0.3 is 4.98 Å². The van der Waals surface area contributed by atoms with Gasteiger partial charge in [-0.15, -0.1) is 29.8 Å². The van der Waals surface area contributed by atoms with Gasteiger partial charge in [0, 0.05) is 37.7 Å². The molecule has 0 N–H and O–H groups in total. The minimum atomic E-state index is 0. The molecule has 0 fully saturated rings. The average Bonchev–Trinajstić information content (AvgIpc) is 2.62. The van der Waals surface area contributed by atoms with E-state index < -0.39 is 0 Å². The maximum atomic E-state index is 4.51. The Balaban J connectivity index is 0.00000182. The van der Waals surface area contributed by atoms with Crippen LogP contribution in [0.1, 0.15) is 11.4 Å². The third-order valence-corrected chi connectivity index (χ3v) is 4.24. The van der Waals surface area contributed by atoms with Crippen LogP contribution >= 0.6 is 0 Å². The van der Waals surface area contributed by atoms with Gasteiger partial charge in [0.15, 0.2) is 0 Å². The van der Waals surface area contributed by atoms with Gasteiger partial charge in [-0.05, 0) is 24.6 Å². The minimum Gasteiger partial charge on any atom is -0.301 e. The van der Waals surface area contributed by atoms with E-state index in [1.54, 1.807) is 6.20 Å². The van der Waals surface area contributed by atoms with Crippen molar-refractivity contribution in [1.82, 2.24) is 9.97 Å². The monoisotopic (exact) mass is 502 g/mol. The largest absolute Gasteiger partial charge is 0.301 e. The molecule has 0 atom stereocenters. The molecule has 0 spiro atoms. The van der Waals surface area contributed by atoms with Crippen molar-refractivity contribution < 1.29 is 20.1 Å². The fourth-order valence-corrected chi connectivity index (χ4v) is 3.08. The van der Waals surface area contributed by atoms with Crippen LogP contribution in [0, 0.1) is 19.9 Å². The Bertz CT molecular complexity index is 1020. The number of hydrogen-bond acceptors (Lipinski definition) is 2. The van der Waals surface area contributed by atoms with Crippen LogP contribution in [0.2, 0.25) is 0 Å². The van der Waals surface area contributed by atoms with E-state index in [2.05, 4.69) is 70.6 Å². The fraction of sp³-hybridized carbons (Fsp3) is 0.0909. The van der Waals surface area contributed by atoms with Crippen molar-refractivity contribution in [3.05, 3.63) is 84.3 Å². The molecule has 3 heteroatoms. The van der Waals surface area contributed by atoms with Crippen LogP contribution < -0.4 is 0 Å². The molecular weight excluding hydrogens is 484 g/mol. The van der Waals surface area contributed by atoms with E-state index in [1.807, 2.05) is 19.9 Å². The zero-order valence-corrected chi connectivity index (χ0v) is 16.5. The Labute approximate surface area is 161 Å². The molecule has 0 aliphatic rings. The zero-order chi connectivity index (χ0) is 16.5. The molecule has 2 nitrogen and oxygen atoms in total. The summed E-state index contributed by atoms with van der Waals surface area (Å²) in [5, 5.41) is 2.51. The molecule has 0 unspecified atom stereocenters. The molecule has 0 amide bonds. The number of aromatic nitrogens is 2. The molecule has 4 rings (SSSR count). The first kappa shape index (κ1) is 17.5. The van der Waals surface area contributed by atoms with Gasteiger partial charge in [-0.2, -0.15) is 0 Å². The second-order valence-corrected chi connectivity index (χ2v) is 5.96. The Morgan fingerprint density at radius 2 is 1.68 bits per heavy atom. The Morgan fingerprint density at radius 3 is 2.44 bits per heavy atom. The van der Waals surface area contributed by atoms with Gasteiger partial charge in [-0.3, -0.25) is 4.98 Å². The number of benzene rings is 3. The van der Waals surface area contributed by atoms with Gasteiger partial charge in [-0.25, -0.2) is 0 Å². The van der Waals surface area contributed by atoms with Crippen LogP contribution in [-0.2, 0) is 20.1 Å². The minimum absolute atomic E-state index is 0. The summed E-state index contributed by atoms with van der Waals surface area (Å²) in [6, 6.07) is 24.5. The Kier molecular flexibility index (Phi) is 5.08. The molecule has 4 aromatic rings. The summed E-state index contributed by atoms with van der Waals surface area (Å²) in [4.78, 5) is 9.00. The van der Waals surface area contributed by atoms with Gasteiger partial charge in [0.2, 0.25) is 0 Å². The van der Waals surface area contributed by atoms with Crippen molar-refractivity contribution in [2.45, 2.75) is 13.8 Å². The van der Waals surface area contributed by atoms with Gasteiger partial charge >= 0.3 is 0 Å². The molecule has 125 valence electrons. The van der Waals surface area contributed by atoms with Crippen molar-refractivity contribution in [2.75, 3.05) is 0 Å². The molecule has 0 saturated heterocycles. The first-order chi connectivity index (χ1) is 11.7. The SMILES string of the molecule is Cc1cnc(-c2[c-]cc(-c3cccc4ccccc34)cc2)c(C)n1.[Ir]. The van der Waals surface area contributed by atoms with Crippen molar-refractivity contribution in [1.29, 1.82) is 0 Å². The van der Waals surface area contributed by atoms with E-state index in [0.29, 0.717) is 0 Å². The van der Waals surface area contributed by atoms with E-state index in [-0.39, 0.29) is 20.1 Å². The summed E-state index contributed by atoms with van der Waals surface area (Å²) in [7, 11) is 0. The first-order valence-electron chi connectivity index (χ1n) is 8.03. The van der Waals surface area contributed by atoms with Crippen LogP contribution in [0.3, 0.4) is 0 Å². The molecule has 0 saturated carbocycles. The van der Waals surface area contributed by atoms with Gasteiger partial charge in [-0.1, -0.05) is 53.6 Å². The zero-order valence-electron chi connectivity index (χ0n) is 14.1. The van der Waals surface area contributed by atoms with E-state index in [9.17, 15) is 0 Å². The number of nitrogens with zero attached hydrogens (tertiary/aromatic N) is 2. The number of fused-ring (bicyclic) bond motifs is 1. The van der Waals surface area contributed by atoms with E-state index in [1.165, 1.54) is 16.3 Å². The quantitative estimate of drug-likeness (QED) is 0.345. The Morgan fingerprint density at radius 1 is 0.880 bits per heavy atom. The second kappa shape index (κ2) is 7.26. The second-order valence-electron chi connectivity index (χ2n) is 5.96. The summed E-state index contributed by atoms with van der Waals surface area (Å²) < 4.78 is 0. The molecule has 0 aliphatic heterocycles. The average molecular weight is 502 g/mol. The van der Waals surface area contributed by atoms with Gasteiger partial charge in [0.05, 0.1) is 5.69 Å². The summed E-state index contributed by atoms with van der Waals surface area (Å²) in [5.41, 5.74) is 6.12. The molecule has 25 heavy (non-hydrogen) atoms. The van der Waals surface area contributed by atoms with Crippen LogP contribution in [0.5, 0.6) is 0 Å². The predicted octanol–water partition coefficient (Wildman–Crippen LogP) is 5.38. The third-order valence-electron chi connectivity index (χ3n) is 4.24. The van der Waals surface area contributed by atoms with Gasteiger partial charge in [0.25, 0.3) is 0 Å². The molecule has 1 heterocycles. The summed E-state index contributed by atoms with van der Waals surface area (Å²) in [6.07, 6.45) is 1.80. The third kappa shape index (κ3) is 3.39. The number of rotatable bonds is 2. The maximum Gasteiger partial charge on any atom is 0.0539 e. The van der Waals surface area contributed by atoms with E-state index >= 15 is 0 Å². The summed E-state index contributed by atoms with van der Waals surface area (Å²) in [5.74, 6) is 0. The fourth-order valence-electron chi connectivity index (χ4n) is 3.08. The van der Waals surface area contributed by atoms with Crippen molar-refractivity contribution in [3.8, 4) is 22.4 Å². The van der Waals surface area contributed by atoms with Crippen molar-refractivity contribution >= 4 is 10.8 Å². The molecule has 3 aromatic carbocycles. The first-order valence-corrected chi connectivity index (χ1v) is 8.03. The van der Waals surface area contributed by atoms with Crippen LogP contribution in [-0.4, -0.2) is 9.97 Å². The topological polar surface area (TPSA) is 25.8 Å². The van der Waals surface area contributed by atoms with E-state index in [4.69, 9.17) is 0 Å². The van der Waals surface area contributed by atoms with Crippen LogP contribution in [0.4, 0.5) is 0 Å². The number of aryl methyl sites for hydroxylation is 2. The standard InChI is InChI=1S/C22H17N2.Ir/c1-15-14-23-22(16(2)24-15)19-12-10-18(11-13-19)21-9-5-7-17-6-3-4-8-20(17)21;/h3-12,14H,1-2H3;/q-1;. The molecule has 0 bridgehead atoms. The van der Waals surface area contributed by atoms with Gasteiger partial charge in [0.1, 0.15) is 0 Å². The maximum absolute atomic E-state index is 4.51. The molecular formula is C22H17IrN2-. The number of hydrogen-bond donors (Lipinski definition) is 0.